The Morgan fingerprint density at radius 3 is 2.61 bits per heavy atom. The van der Waals surface area contributed by atoms with E-state index in [0.717, 1.165) is 0 Å². The summed E-state index contributed by atoms with van der Waals surface area (Å²) in [5.41, 5.74) is 2.33. The molecule has 0 saturated heterocycles. The van der Waals surface area contributed by atoms with Gasteiger partial charge in [-0.3, -0.25) is 9.97 Å². The van der Waals surface area contributed by atoms with Crippen LogP contribution in [0.25, 0.3) is 11.0 Å². The quantitative estimate of drug-likeness (QED) is 0.336. The molecule has 0 radical (unpaired) electrons. The fourth-order valence-electron chi connectivity index (χ4n) is 3.22. The summed E-state index contributed by atoms with van der Waals surface area (Å²) in [5.74, 6) is 0.586. The number of hydrogen-bond donors (Lipinski definition) is 2. The number of rotatable bonds is 8. The largest absolute Gasteiger partial charge is 0.383 e. The van der Waals surface area contributed by atoms with Gasteiger partial charge in [0.25, 0.3) is 0 Å². The predicted molar refractivity (Wildman–Crippen MR) is 131 cm³/mol. The summed E-state index contributed by atoms with van der Waals surface area (Å²) in [4.78, 5) is 17.4. The lowest BCUT2D eigenvalue weighted by Gasteiger charge is -2.17. The number of aromatic nitrogens is 6. The highest BCUT2D eigenvalue weighted by molar-refractivity contribution is 7.71. The summed E-state index contributed by atoms with van der Waals surface area (Å²) in [5, 5.41) is 11.7. The predicted octanol–water partition coefficient (Wildman–Crippen LogP) is 4.30. The maximum Gasteiger partial charge on any atom is 0.229 e. The number of fused-ring (bicyclic) bond motifs is 1. The Bertz CT molecular complexity index is 1360. The molecule has 4 aromatic rings. The van der Waals surface area contributed by atoms with Gasteiger partial charge >= 0.3 is 0 Å². The van der Waals surface area contributed by atoms with Crippen molar-refractivity contribution in [2.24, 2.45) is 0 Å². The van der Waals surface area contributed by atoms with Crippen molar-refractivity contribution in [2.75, 3.05) is 37.7 Å². The van der Waals surface area contributed by atoms with Crippen LogP contribution in [-0.4, -0.2) is 56.8 Å². The molecular formula is C20H21Cl2N8O2P. The topological polar surface area (TPSA) is 120 Å². The minimum Gasteiger partial charge on any atom is -0.383 e. The van der Waals surface area contributed by atoms with E-state index in [1.54, 1.807) is 55.8 Å². The summed E-state index contributed by atoms with van der Waals surface area (Å²) in [6, 6.07) is 3.58. The molecule has 0 aliphatic heterocycles. The van der Waals surface area contributed by atoms with Crippen LogP contribution in [0.4, 0.5) is 23.1 Å². The van der Waals surface area contributed by atoms with E-state index in [9.17, 15) is 4.57 Å². The summed E-state index contributed by atoms with van der Waals surface area (Å²) >= 11 is 12.7. The monoisotopic (exact) mass is 506 g/mol. The molecule has 0 bridgehead atoms. The zero-order valence-electron chi connectivity index (χ0n) is 18.1. The highest BCUT2D eigenvalue weighted by Gasteiger charge is 2.22. The van der Waals surface area contributed by atoms with Crippen LogP contribution >= 0.6 is 30.3 Å². The van der Waals surface area contributed by atoms with Gasteiger partial charge in [0.15, 0.2) is 11.0 Å². The normalized spacial score (nSPS) is 11.7. The van der Waals surface area contributed by atoms with Crippen LogP contribution in [0.15, 0.2) is 36.9 Å². The molecule has 0 atom stereocenters. The second-order valence-electron chi connectivity index (χ2n) is 7.44. The third-order valence-electron chi connectivity index (χ3n) is 4.68. The Labute approximate surface area is 200 Å². The van der Waals surface area contributed by atoms with Gasteiger partial charge in [-0.15, -0.1) is 0 Å². The average molecular weight is 507 g/mol. The maximum absolute atomic E-state index is 13.1. The van der Waals surface area contributed by atoms with Gasteiger partial charge in [-0.25, -0.2) is 9.67 Å². The number of nitrogens with one attached hydrogen (secondary N) is 2. The molecule has 172 valence electrons. The van der Waals surface area contributed by atoms with E-state index in [1.807, 2.05) is 0 Å². The number of hydrogen-bond acceptors (Lipinski definition) is 9. The van der Waals surface area contributed by atoms with Crippen LogP contribution in [0.5, 0.6) is 0 Å². The molecule has 33 heavy (non-hydrogen) atoms. The van der Waals surface area contributed by atoms with Crippen molar-refractivity contribution in [2.45, 2.75) is 6.54 Å². The van der Waals surface area contributed by atoms with Gasteiger partial charge in [-0.2, -0.15) is 10.1 Å². The van der Waals surface area contributed by atoms with E-state index >= 15 is 0 Å². The van der Waals surface area contributed by atoms with E-state index in [2.05, 4.69) is 35.7 Å². The molecule has 0 unspecified atom stereocenters. The van der Waals surface area contributed by atoms with Crippen LogP contribution in [-0.2, 0) is 15.8 Å². The molecule has 3 aromatic heterocycles. The molecule has 0 saturated carbocycles. The second-order valence-corrected chi connectivity index (χ2v) is 11.4. The Morgan fingerprint density at radius 1 is 1.06 bits per heavy atom. The number of ether oxygens (including phenoxy) is 1. The third-order valence-corrected chi connectivity index (χ3v) is 6.88. The maximum atomic E-state index is 13.1. The van der Waals surface area contributed by atoms with Gasteiger partial charge < -0.3 is 19.9 Å². The first-order valence-corrected chi connectivity index (χ1v) is 13.2. The molecule has 4 rings (SSSR count). The standard InChI is InChI=1S/C20H21Cl2N8O2P/c1-32-9-8-30-18(22)15(11-26-30)28-20-25-10-12(21)19(29-20)27-14-5-4-13-16(24-7-6-23-13)17(14)33(2,3)31/h4-7,10-11H,8-9H2,1-3H3,(H2,25,27,28,29). The van der Waals surface area contributed by atoms with E-state index in [-0.39, 0.29) is 11.0 Å². The van der Waals surface area contributed by atoms with Crippen molar-refractivity contribution in [1.29, 1.82) is 0 Å². The molecule has 1 aromatic carbocycles. The SMILES string of the molecule is COCCn1ncc(Nc2ncc(Cl)c(Nc3ccc4nccnc4c3P(C)(C)=O)n2)c1Cl. The molecule has 0 aliphatic carbocycles. The van der Waals surface area contributed by atoms with E-state index < -0.39 is 7.14 Å². The lowest BCUT2D eigenvalue weighted by Crippen LogP contribution is -2.14. The molecule has 2 N–H and O–H groups in total. The van der Waals surface area contributed by atoms with Gasteiger partial charge in [0.1, 0.15) is 17.7 Å². The van der Waals surface area contributed by atoms with E-state index in [0.29, 0.717) is 51.8 Å². The van der Waals surface area contributed by atoms with Crippen molar-refractivity contribution in [3.63, 3.8) is 0 Å². The highest BCUT2D eigenvalue weighted by atomic mass is 35.5. The first-order chi connectivity index (χ1) is 15.8. The van der Waals surface area contributed by atoms with Crippen molar-refractivity contribution in [3.8, 4) is 0 Å². The van der Waals surface area contributed by atoms with Crippen LogP contribution in [0.1, 0.15) is 0 Å². The van der Waals surface area contributed by atoms with Crippen LogP contribution in [0.3, 0.4) is 0 Å². The van der Waals surface area contributed by atoms with Crippen LogP contribution < -0.4 is 15.9 Å². The first-order valence-electron chi connectivity index (χ1n) is 9.84. The molecule has 0 spiro atoms. The van der Waals surface area contributed by atoms with Gasteiger partial charge in [-0.1, -0.05) is 23.2 Å². The fraction of sp³-hybridized carbons (Fsp3) is 0.250. The molecule has 3 heterocycles. The van der Waals surface area contributed by atoms with Crippen LogP contribution in [0, 0.1) is 0 Å². The lowest BCUT2D eigenvalue weighted by molar-refractivity contribution is 0.183. The Hall–Kier alpha value is -2.78. The highest BCUT2D eigenvalue weighted by Crippen LogP contribution is 2.41. The lowest BCUT2D eigenvalue weighted by atomic mass is 10.2. The number of halogens is 2. The molecule has 0 fully saturated rings. The first kappa shape index (κ1) is 23.4. The Balaban J connectivity index is 1.67. The molecule has 10 nitrogen and oxygen atoms in total. The van der Waals surface area contributed by atoms with Gasteiger partial charge in [0, 0.05) is 19.5 Å². The van der Waals surface area contributed by atoms with Crippen molar-refractivity contribution in [1.82, 2.24) is 29.7 Å². The van der Waals surface area contributed by atoms with Crippen molar-refractivity contribution >= 4 is 69.8 Å². The number of anilines is 4. The van der Waals surface area contributed by atoms with Gasteiger partial charge in [-0.05, 0) is 25.5 Å². The van der Waals surface area contributed by atoms with E-state index in [1.165, 1.54) is 6.20 Å². The van der Waals surface area contributed by atoms with Gasteiger partial charge in [0.2, 0.25) is 5.95 Å². The van der Waals surface area contributed by atoms with Crippen molar-refractivity contribution < 1.29 is 9.30 Å². The Kier molecular flexibility index (Phi) is 6.81. The minimum absolute atomic E-state index is 0.258. The van der Waals surface area contributed by atoms with Crippen LogP contribution in [0.2, 0.25) is 10.2 Å². The molecular weight excluding hydrogens is 486 g/mol. The second kappa shape index (κ2) is 9.61. The summed E-state index contributed by atoms with van der Waals surface area (Å²) in [6.07, 6.45) is 6.20. The molecule has 0 aliphatic rings. The fourth-order valence-corrected chi connectivity index (χ4v) is 4.97. The zero-order chi connectivity index (χ0) is 23.6. The third kappa shape index (κ3) is 5.09. The minimum atomic E-state index is -2.74. The summed E-state index contributed by atoms with van der Waals surface area (Å²) in [7, 11) is -1.13. The number of methoxy groups -OCH3 is 1. The van der Waals surface area contributed by atoms with E-state index in [4.69, 9.17) is 27.9 Å². The van der Waals surface area contributed by atoms with Gasteiger partial charge in [0.05, 0.1) is 47.7 Å². The smallest absolute Gasteiger partial charge is 0.229 e. The average Bonchev–Trinajstić information content (AvgIpc) is 3.12. The number of nitrogens with zero attached hydrogens (tertiary/aromatic N) is 6. The summed E-state index contributed by atoms with van der Waals surface area (Å²) in [6.45, 7) is 4.34. The van der Waals surface area contributed by atoms with Crippen molar-refractivity contribution in [3.05, 3.63) is 47.1 Å². The molecule has 13 heteroatoms. The summed E-state index contributed by atoms with van der Waals surface area (Å²) < 4.78 is 19.8. The molecule has 0 amide bonds. The zero-order valence-corrected chi connectivity index (χ0v) is 20.5. The number of benzene rings is 1. The Morgan fingerprint density at radius 2 is 1.85 bits per heavy atom.